The van der Waals surface area contributed by atoms with Crippen LogP contribution >= 0.6 is 0 Å². The highest BCUT2D eigenvalue weighted by atomic mass is 16.7. The van der Waals surface area contributed by atoms with Gasteiger partial charge in [0.25, 0.3) is 0 Å². The van der Waals surface area contributed by atoms with Crippen LogP contribution in [0.5, 0.6) is 0 Å². The van der Waals surface area contributed by atoms with Gasteiger partial charge in [0.05, 0.1) is 26.4 Å². The van der Waals surface area contributed by atoms with Crippen LogP contribution in [0.15, 0.2) is 91.0 Å². The molecular weight excluding hydrogens is 420 g/mol. The first-order valence-electron chi connectivity index (χ1n) is 11.1. The second-order valence-electron chi connectivity index (χ2n) is 8.08. The smallest absolute Gasteiger partial charge is 0.184 e. The van der Waals surface area contributed by atoms with Crippen LogP contribution in [0, 0.1) is 0 Å². The van der Waals surface area contributed by atoms with Crippen molar-refractivity contribution in [1.29, 1.82) is 0 Å². The van der Waals surface area contributed by atoms with Crippen molar-refractivity contribution in [2.24, 2.45) is 0 Å². The Labute approximate surface area is 194 Å². The Bertz CT molecular complexity index is 937. The van der Waals surface area contributed by atoms with Crippen molar-refractivity contribution in [1.82, 2.24) is 0 Å². The van der Waals surface area contributed by atoms with Crippen LogP contribution in [0.1, 0.15) is 16.7 Å². The van der Waals surface area contributed by atoms with Crippen molar-refractivity contribution >= 4 is 0 Å². The molecule has 0 bridgehead atoms. The van der Waals surface area contributed by atoms with Crippen LogP contribution in [0.2, 0.25) is 0 Å². The zero-order chi connectivity index (χ0) is 22.9. The summed E-state index contributed by atoms with van der Waals surface area (Å²) in [6.07, 6.45) is -4.42. The maximum absolute atomic E-state index is 10.8. The molecule has 0 saturated carbocycles. The van der Waals surface area contributed by atoms with Gasteiger partial charge >= 0.3 is 0 Å². The fourth-order valence-corrected chi connectivity index (χ4v) is 3.84. The summed E-state index contributed by atoms with van der Waals surface area (Å²) in [5.74, 6) is 0. The molecule has 3 aromatic rings. The Balaban J connectivity index is 1.40. The van der Waals surface area contributed by atoms with Crippen molar-refractivity contribution in [3.8, 4) is 0 Å². The molecule has 0 aliphatic carbocycles. The van der Waals surface area contributed by atoms with E-state index in [2.05, 4.69) is 0 Å². The molecule has 174 valence electrons. The van der Waals surface area contributed by atoms with Gasteiger partial charge in [-0.2, -0.15) is 0 Å². The number of aliphatic hydroxyl groups excluding tert-OH is 2. The summed E-state index contributed by atoms with van der Waals surface area (Å²) in [6.45, 7) is 1.02. The number of benzene rings is 3. The van der Waals surface area contributed by atoms with Gasteiger partial charge in [-0.25, -0.2) is 0 Å². The van der Waals surface area contributed by atoms with Gasteiger partial charge in [0.2, 0.25) is 0 Å². The Hall–Kier alpha value is -2.58. The van der Waals surface area contributed by atoms with Gasteiger partial charge in [-0.15, -0.1) is 0 Å². The average molecular weight is 451 g/mol. The molecule has 0 amide bonds. The highest BCUT2D eigenvalue weighted by Gasteiger charge is 2.48. The summed E-state index contributed by atoms with van der Waals surface area (Å²) >= 11 is 0. The number of aliphatic hydroxyl groups is 2. The average Bonchev–Trinajstić information content (AvgIpc) is 3.18. The third kappa shape index (κ3) is 6.71. The predicted octanol–water partition coefficient (Wildman–Crippen LogP) is 3.45. The molecule has 0 aromatic heterocycles. The SMILES string of the molecule is O[C@H](COCc1ccccc1)[C@@H]1O[C@@H](O)[C@H](OCc2ccccc2)[C@H]1OCc1ccccc1. The Morgan fingerprint density at radius 2 is 1.12 bits per heavy atom. The van der Waals surface area contributed by atoms with E-state index in [4.69, 9.17) is 18.9 Å². The zero-order valence-corrected chi connectivity index (χ0v) is 18.4. The van der Waals surface area contributed by atoms with Crippen molar-refractivity contribution in [2.75, 3.05) is 6.61 Å². The molecule has 0 radical (unpaired) electrons. The van der Waals surface area contributed by atoms with E-state index >= 15 is 0 Å². The summed E-state index contributed by atoms with van der Waals surface area (Å²) in [7, 11) is 0. The minimum absolute atomic E-state index is 0.0445. The molecule has 6 heteroatoms. The maximum atomic E-state index is 10.8. The van der Waals surface area contributed by atoms with E-state index in [1.807, 2.05) is 91.0 Å². The monoisotopic (exact) mass is 450 g/mol. The quantitative estimate of drug-likeness (QED) is 0.466. The van der Waals surface area contributed by atoms with E-state index in [0.29, 0.717) is 19.8 Å². The highest BCUT2D eigenvalue weighted by Crippen LogP contribution is 2.29. The summed E-state index contributed by atoms with van der Waals surface area (Å²) in [4.78, 5) is 0. The van der Waals surface area contributed by atoms with Crippen molar-refractivity contribution in [3.05, 3.63) is 108 Å². The second kappa shape index (κ2) is 12.0. The third-order valence-corrected chi connectivity index (χ3v) is 5.58. The van der Waals surface area contributed by atoms with Gasteiger partial charge < -0.3 is 29.2 Å². The lowest BCUT2D eigenvalue weighted by Crippen LogP contribution is -2.43. The first-order valence-corrected chi connectivity index (χ1v) is 11.1. The number of hydrogen-bond acceptors (Lipinski definition) is 6. The minimum atomic E-state index is -1.22. The van der Waals surface area contributed by atoms with Crippen molar-refractivity contribution < 1.29 is 29.2 Å². The standard InChI is InChI=1S/C27H30O6/c28-23(19-30-16-20-10-4-1-5-11-20)24-25(31-17-21-12-6-2-7-13-21)26(27(29)33-24)32-18-22-14-8-3-9-15-22/h1-15,23-29H,16-19H2/t23-,24+,25+,26-,27-/m1/s1. The summed E-state index contributed by atoms with van der Waals surface area (Å²) in [6, 6.07) is 29.2. The van der Waals surface area contributed by atoms with Crippen molar-refractivity contribution in [2.45, 2.75) is 50.5 Å². The Morgan fingerprint density at radius 1 is 0.667 bits per heavy atom. The van der Waals surface area contributed by atoms with Gasteiger partial charge in [0.1, 0.15) is 24.4 Å². The molecular formula is C27H30O6. The normalized spacial score (nSPS) is 23.5. The Morgan fingerprint density at radius 3 is 1.64 bits per heavy atom. The molecule has 0 unspecified atom stereocenters. The third-order valence-electron chi connectivity index (χ3n) is 5.58. The van der Waals surface area contributed by atoms with Crippen LogP contribution in [0.3, 0.4) is 0 Å². The molecule has 1 aliphatic heterocycles. The number of hydrogen-bond donors (Lipinski definition) is 2. The van der Waals surface area contributed by atoms with E-state index in [0.717, 1.165) is 16.7 Å². The van der Waals surface area contributed by atoms with E-state index < -0.39 is 30.7 Å². The largest absolute Gasteiger partial charge is 0.388 e. The molecule has 4 rings (SSSR count). The predicted molar refractivity (Wildman–Crippen MR) is 123 cm³/mol. The minimum Gasteiger partial charge on any atom is -0.388 e. The van der Waals surface area contributed by atoms with Gasteiger partial charge in [-0.3, -0.25) is 0 Å². The summed E-state index contributed by atoms with van der Waals surface area (Å²) in [5, 5.41) is 21.4. The van der Waals surface area contributed by atoms with Crippen LogP contribution in [0.25, 0.3) is 0 Å². The van der Waals surface area contributed by atoms with E-state index in [-0.39, 0.29) is 6.61 Å². The lowest BCUT2D eigenvalue weighted by atomic mass is 10.1. The van der Waals surface area contributed by atoms with Gasteiger partial charge in [-0.1, -0.05) is 91.0 Å². The summed E-state index contributed by atoms with van der Waals surface area (Å²) < 4.78 is 23.5. The van der Waals surface area contributed by atoms with Gasteiger partial charge in [0.15, 0.2) is 6.29 Å². The van der Waals surface area contributed by atoms with Gasteiger partial charge in [-0.05, 0) is 16.7 Å². The van der Waals surface area contributed by atoms with Crippen LogP contribution < -0.4 is 0 Å². The number of ether oxygens (including phenoxy) is 4. The molecule has 1 fully saturated rings. The lowest BCUT2D eigenvalue weighted by molar-refractivity contribution is -0.163. The fraction of sp³-hybridized carbons (Fsp3) is 0.333. The summed E-state index contributed by atoms with van der Waals surface area (Å²) in [5.41, 5.74) is 2.97. The first kappa shape index (κ1) is 23.6. The lowest BCUT2D eigenvalue weighted by Gasteiger charge is -2.26. The molecule has 5 atom stereocenters. The van der Waals surface area contributed by atoms with Crippen molar-refractivity contribution in [3.63, 3.8) is 0 Å². The van der Waals surface area contributed by atoms with Gasteiger partial charge in [0, 0.05) is 0 Å². The maximum Gasteiger partial charge on any atom is 0.184 e. The van der Waals surface area contributed by atoms with Crippen LogP contribution in [-0.4, -0.2) is 47.5 Å². The van der Waals surface area contributed by atoms with E-state index in [9.17, 15) is 10.2 Å². The first-order chi connectivity index (χ1) is 16.2. The highest BCUT2D eigenvalue weighted by molar-refractivity contribution is 5.15. The molecule has 0 spiro atoms. The van der Waals surface area contributed by atoms with Crippen LogP contribution in [-0.2, 0) is 38.8 Å². The topological polar surface area (TPSA) is 77.4 Å². The molecule has 3 aromatic carbocycles. The van der Waals surface area contributed by atoms with Crippen LogP contribution in [0.4, 0.5) is 0 Å². The second-order valence-corrected chi connectivity index (χ2v) is 8.08. The number of rotatable bonds is 11. The molecule has 1 heterocycles. The molecule has 6 nitrogen and oxygen atoms in total. The van der Waals surface area contributed by atoms with E-state index in [1.54, 1.807) is 0 Å². The molecule has 2 N–H and O–H groups in total. The molecule has 1 saturated heterocycles. The fourth-order valence-electron chi connectivity index (χ4n) is 3.84. The van der Waals surface area contributed by atoms with E-state index in [1.165, 1.54) is 0 Å². The zero-order valence-electron chi connectivity index (χ0n) is 18.4. The molecule has 33 heavy (non-hydrogen) atoms. The Kier molecular flexibility index (Phi) is 8.60. The molecule has 1 aliphatic rings.